The van der Waals surface area contributed by atoms with Gasteiger partial charge in [0, 0.05) is 110 Å². The zero-order valence-electron chi connectivity index (χ0n) is 53.0. The van der Waals surface area contributed by atoms with Crippen molar-refractivity contribution in [2.24, 2.45) is 14.1 Å². The quantitative estimate of drug-likeness (QED) is 0.0452. The molecule has 2 saturated carbocycles. The van der Waals surface area contributed by atoms with Crippen LogP contribution in [0.4, 0.5) is 8.78 Å². The van der Waals surface area contributed by atoms with Crippen LogP contribution in [0.15, 0.2) is 73.3 Å². The molecule has 458 valence electrons. The Balaban J connectivity index is 0.000000204. The van der Waals surface area contributed by atoms with E-state index < -0.39 is 24.7 Å². The predicted molar refractivity (Wildman–Crippen MR) is 334 cm³/mol. The number of rotatable bonds is 10. The Kier molecular flexibility index (Phi) is 25.7. The molecule has 0 unspecified atom stereocenters. The van der Waals surface area contributed by atoms with Gasteiger partial charge in [-0.05, 0) is 125 Å². The number of nitrogens with zero attached hydrogens (tertiary/aromatic N) is 12. The van der Waals surface area contributed by atoms with Gasteiger partial charge in [0.1, 0.15) is 20.2 Å². The van der Waals surface area contributed by atoms with Crippen molar-refractivity contribution in [3.8, 4) is 33.8 Å². The zero-order chi connectivity index (χ0) is 61.9. The number of benzene rings is 2. The van der Waals surface area contributed by atoms with Gasteiger partial charge in [0.25, 0.3) is 12.9 Å². The number of carbonyl (C=O) groups excluding carboxylic acids is 3. The molecule has 1 saturated heterocycles. The number of fused-ring (bicyclic) bond motifs is 4. The number of hydrogen-bond donors (Lipinski definition) is 0. The van der Waals surface area contributed by atoms with Crippen LogP contribution < -0.4 is 113 Å². The molecule has 2 aliphatic carbocycles. The summed E-state index contributed by atoms with van der Waals surface area (Å²) in [7, 11) is 3.01. The van der Waals surface area contributed by atoms with Crippen molar-refractivity contribution in [1.29, 1.82) is 0 Å². The third-order valence-electron chi connectivity index (χ3n) is 16.2. The van der Waals surface area contributed by atoms with Crippen molar-refractivity contribution in [3.63, 3.8) is 0 Å². The summed E-state index contributed by atoms with van der Waals surface area (Å²) in [6, 6.07) is 15.5. The molecule has 6 aromatic heterocycles. The minimum Gasteiger partial charge on any atom is -1.00 e. The molecule has 0 radical (unpaired) electrons. The van der Waals surface area contributed by atoms with E-state index in [1.165, 1.54) is 55.3 Å². The van der Waals surface area contributed by atoms with Gasteiger partial charge in [-0.3, -0.25) is 23.7 Å². The summed E-state index contributed by atoms with van der Waals surface area (Å²) in [5.74, 6) is 4.15. The maximum atomic E-state index is 13.9. The van der Waals surface area contributed by atoms with Crippen molar-refractivity contribution in [3.05, 3.63) is 111 Å². The van der Waals surface area contributed by atoms with E-state index in [-0.39, 0.29) is 139 Å². The van der Waals surface area contributed by atoms with Gasteiger partial charge in [0.15, 0.2) is 0 Å². The van der Waals surface area contributed by atoms with Crippen LogP contribution in [0.1, 0.15) is 141 Å². The van der Waals surface area contributed by atoms with Gasteiger partial charge in [-0.15, -0.1) is 23.2 Å². The number of imidazole rings is 2. The summed E-state index contributed by atoms with van der Waals surface area (Å²) < 4.78 is 49.2. The summed E-state index contributed by atoms with van der Waals surface area (Å²) in [4.78, 5) is 58.6. The molecule has 27 heteroatoms. The summed E-state index contributed by atoms with van der Waals surface area (Å²) in [6.07, 6.45) is 10.5. The predicted octanol–water partition coefficient (Wildman–Crippen LogP) is 4.79. The fraction of sp³-hybridized carbons (Fsp3) is 0.459. The molecule has 5 aliphatic rings. The van der Waals surface area contributed by atoms with E-state index in [0.717, 1.165) is 81.1 Å². The monoisotopic (exact) mass is 1410 g/mol. The molecule has 0 spiro atoms. The topological polar surface area (TPSA) is 205 Å². The Hall–Kier alpha value is -3.10. The van der Waals surface area contributed by atoms with Gasteiger partial charge in [0.05, 0.1) is 76.2 Å². The molecule has 3 fully saturated rings. The van der Waals surface area contributed by atoms with Gasteiger partial charge < -0.3 is 39.8 Å². The van der Waals surface area contributed by atoms with Crippen LogP contribution in [-0.4, -0.2) is 113 Å². The first-order chi connectivity index (χ1) is 41.0. The summed E-state index contributed by atoms with van der Waals surface area (Å²) >= 11 is 12.4. The molecule has 0 bridgehead atoms. The fourth-order valence-electron chi connectivity index (χ4n) is 10.8. The number of carbonyl (C=O) groups is 3. The van der Waals surface area contributed by atoms with Crippen LogP contribution in [0.25, 0.3) is 55.6 Å². The van der Waals surface area contributed by atoms with E-state index in [9.17, 15) is 18.4 Å². The first-order valence-electron chi connectivity index (χ1n) is 28.8. The fourth-order valence-corrected chi connectivity index (χ4v) is 11.5. The molecule has 8 aromatic rings. The van der Waals surface area contributed by atoms with Crippen molar-refractivity contribution in [2.45, 2.75) is 154 Å². The molecule has 0 atom stereocenters. The van der Waals surface area contributed by atoms with Crippen molar-refractivity contribution in [2.75, 3.05) is 13.1 Å². The Labute approximate surface area is 622 Å². The molecule has 9 heterocycles. The van der Waals surface area contributed by atoms with E-state index in [1.54, 1.807) is 35.6 Å². The van der Waals surface area contributed by atoms with Crippen LogP contribution in [-0.2, 0) is 68.9 Å². The van der Waals surface area contributed by atoms with Crippen molar-refractivity contribution in [1.82, 2.24) is 58.4 Å². The molecule has 0 N–H and O–H groups in total. The van der Waals surface area contributed by atoms with E-state index in [4.69, 9.17) is 52.5 Å². The first-order valence-corrected chi connectivity index (χ1v) is 30.8. The number of halogens is 5. The van der Waals surface area contributed by atoms with Crippen molar-refractivity contribution < 1.29 is 147 Å². The average molecular weight is 1410 g/mol. The van der Waals surface area contributed by atoms with Crippen molar-refractivity contribution >= 4 is 98.5 Å². The van der Waals surface area contributed by atoms with Gasteiger partial charge in [-0.2, -0.15) is 10.2 Å². The average Bonchev–Trinajstić information content (AvgIpc) is 1.76. The van der Waals surface area contributed by atoms with E-state index in [0.29, 0.717) is 53.2 Å². The summed E-state index contributed by atoms with van der Waals surface area (Å²) in [5.41, 5.74) is 9.46. The van der Waals surface area contributed by atoms with Crippen LogP contribution in [0.5, 0.6) is 0 Å². The van der Waals surface area contributed by atoms with Gasteiger partial charge >= 0.3 is 110 Å². The van der Waals surface area contributed by atoms with E-state index in [2.05, 4.69) is 88.0 Å². The van der Waals surface area contributed by atoms with Gasteiger partial charge in [-0.25, -0.2) is 28.7 Å². The minimum atomic E-state index is -2.67. The number of pyridine rings is 2. The molecular weight excluding hydrogens is 1340 g/mol. The molecule has 88 heavy (non-hydrogen) atoms. The van der Waals surface area contributed by atoms with Crippen LogP contribution in [0.2, 0.25) is 0 Å². The molecule has 19 nitrogen and oxygen atoms in total. The molecule has 2 aromatic carbocycles. The Morgan fingerprint density at radius 2 is 1.24 bits per heavy atom. The Morgan fingerprint density at radius 1 is 0.761 bits per heavy atom. The van der Waals surface area contributed by atoms with E-state index >= 15 is 0 Å². The molecule has 2 amide bonds. The Morgan fingerprint density at radius 3 is 1.73 bits per heavy atom. The third kappa shape index (κ3) is 16.6. The number of amides is 2. The van der Waals surface area contributed by atoms with Crippen LogP contribution >= 0.6 is 45.8 Å². The third-order valence-corrected chi connectivity index (χ3v) is 17.0. The van der Waals surface area contributed by atoms with Gasteiger partial charge in [0.2, 0.25) is 11.8 Å². The second-order valence-electron chi connectivity index (χ2n) is 22.9. The normalized spacial score (nSPS) is 16.1. The Bertz CT molecular complexity index is 3770. The van der Waals surface area contributed by atoms with Gasteiger partial charge in [-0.1, -0.05) is 38.1 Å². The SMILES string of the molecule is CC(Cl)Cl.CCC(=O)N1CCn2c(C3CC3)nc(-c3cccc4nc(-c5cnn(C)c5)c(C)cc34)c2C1.CCC(=O)N1CCn2c(C3CC3)nc(I)c2C1.Cn1cc(-c2nc3cccc(B4OC(C)(C)C(C)(C)O4)c3cc2C(F)F)cn1.O=CO[O-].[H-].[K+].[K+]. The first kappa shape index (κ1) is 72.3. The van der Waals surface area contributed by atoms with Crippen LogP contribution in [0.3, 0.4) is 0 Å². The zero-order valence-corrected chi connectivity index (χ0v) is 61.9. The number of aryl methyl sites for hydroxylation is 3. The number of aromatic nitrogens is 10. The second-order valence-corrected chi connectivity index (χ2v) is 25.5. The number of hydrogen-bond acceptors (Lipinski definition) is 13. The standard InChI is InChI=1S/C26H28N6O.C20H22BF2N3O2.C12H16IN3O.C2H4Cl2.CH2O3.2K.H/c1-4-23(33)31-10-11-32-22(15-31)25(29-26(32)17-8-9-17)19-6-5-7-21-20(19)12-16(2)24(28-21)18-13-27-30(3)14-18;1-19(2)20(3,4)28-21(27-19)15-7-6-8-16-13(15)9-14(18(22)23)17(25-16)12-10-24-26(5)11-12;1-2-10(17)15-5-6-16-9(7-15)11(13)14-12(16)8-3-4-8;1-2(3)4;2-1-4-3;;;/h5-7,12-14,17H,4,8-11,15H2,1-3H3;6-11,18H,1-5H3;8H,2-7H2,1H3;2H,1H3;1,3H;;;/q;;;;;2*+1;-1/p-1. The van der Waals surface area contributed by atoms with E-state index in [1.807, 2.05) is 82.9 Å². The number of alkyl halides is 4. The maximum Gasteiger partial charge on any atom is 1.00 e. The maximum absolute atomic E-state index is 13.9. The molecular formula is C61H72BCl2F2IK2N12O7. The van der Waals surface area contributed by atoms with Crippen LogP contribution in [0, 0.1) is 10.6 Å². The summed E-state index contributed by atoms with van der Waals surface area (Å²) in [5, 5.41) is 18.5. The second kappa shape index (κ2) is 31.2. The smallest absolute Gasteiger partial charge is 1.00 e. The molecule has 13 rings (SSSR count). The minimum absolute atomic E-state index is 0. The largest absolute Gasteiger partial charge is 1.00 e. The molecule has 3 aliphatic heterocycles. The summed E-state index contributed by atoms with van der Waals surface area (Å²) in [6.45, 7) is 20.0.